The first-order chi connectivity index (χ1) is 8.15. The zero-order valence-electron chi connectivity index (χ0n) is 11.3. The maximum Gasteiger partial charge on any atom is 0.222 e. The van der Waals surface area contributed by atoms with Crippen LogP contribution in [0.5, 0.6) is 0 Å². The van der Waals surface area contributed by atoms with Crippen molar-refractivity contribution < 1.29 is 4.79 Å². The molecule has 4 nitrogen and oxygen atoms in total. The van der Waals surface area contributed by atoms with Crippen LogP contribution in [0.1, 0.15) is 39.0 Å². The first-order valence-electron chi connectivity index (χ1n) is 6.83. The Morgan fingerprint density at radius 1 is 1.24 bits per heavy atom. The van der Waals surface area contributed by atoms with E-state index in [2.05, 4.69) is 18.9 Å². The minimum absolute atomic E-state index is 0.332. The van der Waals surface area contributed by atoms with Crippen LogP contribution in [0, 0.1) is 0 Å². The number of carbonyl (C=O) groups excluding carboxylic acids is 1. The number of nitrogens with two attached hydrogens (primary N) is 1. The van der Waals surface area contributed by atoms with Gasteiger partial charge in [-0.25, -0.2) is 0 Å². The smallest absolute Gasteiger partial charge is 0.222 e. The Labute approximate surface area is 105 Å². The van der Waals surface area contributed by atoms with E-state index in [9.17, 15) is 4.79 Å². The Balaban J connectivity index is 2.18. The molecule has 1 fully saturated rings. The van der Waals surface area contributed by atoms with Crippen LogP contribution >= 0.6 is 0 Å². The maximum atomic E-state index is 12.0. The Kier molecular flexibility index (Phi) is 6.52. The number of amides is 1. The third-order valence-electron chi connectivity index (χ3n) is 3.50. The van der Waals surface area contributed by atoms with Crippen molar-refractivity contribution in [2.75, 3.05) is 33.2 Å². The SMILES string of the molecule is CC1CN(C)CCN1C(=O)CCCCCCN. The van der Waals surface area contributed by atoms with Crippen molar-refractivity contribution in [1.82, 2.24) is 9.80 Å². The van der Waals surface area contributed by atoms with E-state index in [1.807, 2.05) is 4.90 Å². The largest absolute Gasteiger partial charge is 0.337 e. The van der Waals surface area contributed by atoms with Crippen molar-refractivity contribution in [3.05, 3.63) is 0 Å². The quantitative estimate of drug-likeness (QED) is 0.707. The van der Waals surface area contributed by atoms with Crippen LogP contribution in [0.2, 0.25) is 0 Å². The van der Waals surface area contributed by atoms with E-state index < -0.39 is 0 Å². The van der Waals surface area contributed by atoms with Gasteiger partial charge in [0, 0.05) is 32.1 Å². The summed E-state index contributed by atoms with van der Waals surface area (Å²) < 4.78 is 0. The first-order valence-corrected chi connectivity index (χ1v) is 6.83. The maximum absolute atomic E-state index is 12.0. The molecule has 17 heavy (non-hydrogen) atoms. The molecule has 100 valence electrons. The lowest BCUT2D eigenvalue weighted by molar-refractivity contribution is -0.135. The molecule has 1 aliphatic heterocycles. The van der Waals surface area contributed by atoms with Gasteiger partial charge in [0.2, 0.25) is 5.91 Å². The molecular weight excluding hydrogens is 214 g/mol. The molecular formula is C13H27N3O. The summed E-state index contributed by atoms with van der Waals surface area (Å²) in [6.07, 6.45) is 5.09. The monoisotopic (exact) mass is 241 g/mol. The molecule has 0 aliphatic carbocycles. The highest BCUT2D eigenvalue weighted by Crippen LogP contribution is 2.12. The zero-order valence-corrected chi connectivity index (χ0v) is 11.3. The van der Waals surface area contributed by atoms with Crippen LogP contribution in [0.15, 0.2) is 0 Å². The molecule has 4 heteroatoms. The number of hydrogen-bond acceptors (Lipinski definition) is 3. The number of nitrogens with zero attached hydrogens (tertiary/aromatic N) is 2. The van der Waals surface area contributed by atoms with E-state index in [-0.39, 0.29) is 0 Å². The van der Waals surface area contributed by atoms with Gasteiger partial charge in [0.05, 0.1) is 0 Å². The summed E-state index contributed by atoms with van der Waals surface area (Å²) >= 11 is 0. The van der Waals surface area contributed by atoms with Crippen LogP contribution in [0.3, 0.4) is 0 Å². The van der Waals surface area contributed by atoms with Gasteiger partial charge in [-0.1, -0.05) is 12.8 Å². The summed E-state index contributed by atoms with van der Waals surface area (Å²) in [7, 11) is 2.12. The van der Waals surface area contributed by atoms with E-state index in [4.69, 9.17) is 5.73 Å². The normalized spacial score (nSPS) is 21.8. The summed E-state index contributed by atoms with van der Waals surface area (Å²) in [5.41, 5.74) is 5.44. The van der Waals surface area contributed by atoms with E-state index >= 15 is 0 Å². The third-order valence-corrected chi connectivity index (χ3v) is 3.50. The average molecular weight is 241 g/mol. The van der Waals surface area contributed by atoms with Crippen molar-refractivity contribution in [3.63, 3.8) is 0 Å². The van der Waals surface area contributed by atoms with Crippen LogP contribution in [0.4, 0.5) is 0 Å². The van der Waals surface area contributed by atoms with Crippen molar-refractivity contribution in [2.45, 2.75) is 45.1 Å². The van der Waals surface area contributed by atoms with Gasteiger partial charge >= 0.3 is 0 Å². The molecule has 1 atom stereocenters. The predicted molar refractivity (Wildman–Crippen MR) is 70.8 cm³/mol. The highest BCUT2D eigenvalue weighted by Gasteiger charge is 2.24. The number of hydrogen-bond donors (Lipinski definition) is 1. The molecule has 0 radical (unpaired) electrons. The molecule has 0 spiro atoms. The Morgan fingerprint density at radius 3 is 2.59 bits per heavy atom. The van der Waals surface area contributed by atoms with Crippen molar-refractivity contribution >= 4 is 5.91 Å². The van der Waals surface area contributed by atoms with Gasteiger partial charge in [-0.2, -0.15) is 0 Å². The van der Waals surface area contributed by atoms with Crippen molar-refractivity contribution in [3.8, 4) is 0 Å². The fraction of sp³-hybridized carbons (Fsp3) is 0.923. The third kappa shape index (κ3) is 5.04. The Morgan fingerprint density at radius 2 is 1.94 bits per heavy atom. The predicted octanol–water partition coefficient (Wildman–Crippen LogP) is 1.06. The molecule has 0 saturated carbocycles. The standard InChI is InChI=1S/C13H27N3O/c1-12-11-15(2)9-10-16(12)13(17)7-5-3-4-6-8-14/h12H,3-11,14H2,1-2H3. The molecule has 1 aliphatic rings. The summed E-state index contributed by atoms with van der Waals surface area (Å²) in [6.45, 7) is 5.80. The second-order valence-electron chi connectivity index (χ2n) is 5.15. The minimum atomic E-state index is 0.332. The minimum Gasteiger partial charge on any atom is -0.337 e. The topological polar surface area (TPSA) is 49.6 Å². The molecule has 1 rings (SSSR count). The van der Waals surface area contributed by atoms with Crippen LogP contribution < -0.4 is 5.73 Å². The van der Waals surface area contributed by atoms with E-state index in [0.717, 1.165) is 51.9 Å². The number of carbonyl (C=O) groups is 1. The lowest BCUT2D eigenvalue weighted by Gasteiger charge is -2.38. The lowest BCUT2D eigenvalue weighted by atomic mass is 10.1. The molecule has 1 unspecified atom stereocenters. The van der Waals surface area contributed by atoms with Crippen LogP contribution in [-0.2, 0) is 4.79 Å². The van der Waals surface area contributed by atoms with Gasteiger partial charge in [-0.05, 0) is 33.4 Å². The average Bonchev–Trinajstić information content (AvgIpc) is 2.28. The molecule has 0 aromatic rings. The van der Waals surface area contributed by atoms with Crippen molar-refractivity contribution in [2.24, 2.45) is 5.73 Å². The fourth-order valence-electron chi connectivity index (χ4n) is 2.43. The molecule has 1 heterocycles. The second-order valence-corrected chi connectivity index (χ2v) is 5.15. The highest BCUT2D eigenvalue weighted by atomic mass is 16.2. The van der Waals surface area contributed by atoms with Crippen LogP contribution in [0.25, 0.3) is 0 Å². The second kappa shape index (κ2) is 7.67. The highest BCUT2D eigenvalue weighted by molar-refractivity contribution is 5.76. The van der Waals surface area contributed by atoms with Gasteiger partial charge in [0.15, 0.2) is 0 Å². The lowest BCUT2D eigenvalue weighted by Crippen LogP contribution is -2.52. The molecule has 0 aromatic carbocycles. The summed E-state index contributed by atoms with van der Waals surface area (Å²) in [4.78, 5) is 16.4. The van der Waals surface area contributed by atoms with E-state index in [1.165, 1.54) is 0 Å². The summed E-state index contributed by atoms with van der Waals surface area (Å²) in [6, 6.07) is 0.366. The van der Waals surface area contributed by atoms with Gasteiger partial charge < -0.3 is 15.5 Å². The molecule has 2 N–H and O–H groups in total. The van der Waals surface area contributed by atoms with Crippen molar-refractivity contribution in [1.29, 1.82) is 0 Å². The zero-order chi connectivity index (χ0) is 12.7. The molecule has 0 aromatic heterocycles. The fourth-order valence-corrected chi connectivity index (χ4v) is 2.43. The van der Waals surface area contributed by atoms with Gasteiger partial charge in [-0.3, -0.25) is 4.79 Å². The molecule has 1 saturated heterocycles. The Hall–Kier alpha value is -0.610. The van der Waals surface area contributed by atoms with Crippen LogP contribution in [-0.4, -0.2) is 55.0 Å². The van der Waals surface area contributed by atoms with Gasteiger partial charge in [0.1, 0.15) is 0 Å². The summed E-state index contributed by atoms with van der Waals surface area (Å²) in [5.74, 6) is 0.332. The van der Waals surface area contributed by atoms with E-state index in [0.29, 0.717) is 18.4 Å². The Bertz CT molecular complexity index is 233. The molecule has 1 amide bonds. The van der Waals surface area contributed by atoms with E-state index in [1.54, 1.807) is 0 Å². The van der Waals surface area contributed by atoms with Gasteiger partial charge in [-0.15, -0.1) is 0 Å². The van der Waals surface area contributed by atoms with Gasteiger partial charge in [0.25, 0.3) is 0 Å². The molecule has 0 bridgehead atoms. The first kappa shape index (κ1) is 14.5. The number of piperazine rings is 1. The number of rotatable bonds is 6. The summed E-state index contributed by atoms with van der Waals surface area (Å²) in [5, 5.41) is 0. The number of unbranched alkanes of at least 4 members (excludes halogenated alkanes) is 3. The number of likely N-dealkylation sites (N-methyl/N-ethyl adjacent to an activating group) is 1.